The van der Waals surface area contributed by atoms with Gasteiger partial charge >= 0.3 is 5.97 Å². The number of ether oxygens (including phenoxy) is 1. The minimum Gasteiger partial charge on any atom is -0.469 e. The Labute approximate surface area is 104 Å². The van der Waals surface area contributed by atoms with Gasteiger partial charge in [0.05, 0.1) is 12.9 Å². The van der Waals surface area contributed by atoms with Crippen LogP contribution in [0.4, 0.5) is 0 Å². The largest absolute Gasteiger partial charge is 0.469 e. The molecule has 0 aliphatic carbocycles. The van der Waals surface area contributed by atoms with Crippen LogP contribution >= 0.6 is 0 Å². The minimum absolute atomic E-state index is 0.00328. The van der Waals surface area contributed by atoms with Crippen LogP contribution in [-0.4, -0.2) is 45.1 Å². The van der Waals surface area contributed by atoms with Crippen LogP contribution < -0.4 is 0 Å². The van der Waals surface area contributed by atoms with Crippen LogP contribution in [0.25, 0.3) is 0 Å². The number of nitrogens with zero attached hydrogens (tertiary/aromatic N) is 1. The average Bonchev–Trinajstić information content (AvgIpc) is 2.25. The van der Waals surface area contributed by atoms with E-state index in [0.717, 1.165) is 6.42 Å². The lowest BCUT2D eigenvalue weighted by atomic mass is 10.1. The molecule has 0 unspecified atom stereocenters. The van der Waals surface area contributed by atoms with Crippen molar-refractivity contribution in [3.05, 3.63) is 0 Å². The van der Waals surface area contributed by atoms with Crippen LogP contribution in [0.5, 0.6) is 0 Å². The summed E-state index contributed by atoms with van der Waals surface area (Å²) in [7, 11) is -0.358. The van der Waals surface area contributed by atoms with Crippen molar-refractivity contribution in [3.63, 3.8) is 0 Å². The summed E-state index contributed by atoms with van der Waals surface area (Å²) in [5.41, 5.74) is 0. The second kappa shape index (κ2) is 7.66. The van der Waals surface area contributed by atoms with E-state index in [1.165, 1.54) is 11.4 Å². The molecular formula is C11H23NO4S. The van der Waals surface area contributed by atoms with Crippen molar-refractivity contribution < 1.29 is 17.9 Å². The van der Waals surface area contributed by atoms with Crippen LogP contribution in [0, 0.1) is 5.92 Å². The second-order valence-electron chi connectivity index (χ2n) is 4.50. The Balaban J connectivity index is 4.05. The lowest BCUT2D eigenvalue weighted by Crippen LogP contribution is -2.31. The van der Waals surface area contributed by atoms with Gasteiger partial charge in [-0.3, -0.25) is 4.79 Å². The molecular weight excluding hydrogens is 242 g/mol. The molecule has 17 heavy (non-hydrogen) atoms. The zero-order valence-corrected chi connectivity index (χ0v) is 11.9. The quantitative estimate of drug-likeness (QED) is 0.620. The summed E-state index contributed by atoms with van der Waals surface area (Å²) in [6.07, 6.45) is 1.29. The van der Waals surface area contributed by atoms with Crippen LogP contribution in [0.15, 0.2) is 0 Å². The Kier molecular flexibility index (Phi) is 7.38. The van der Waals surface area contributed by atoms with Gasteiger partial charge in [0.25, 0.3) is 0 Å². The Hall–Kier alpha value is -0.620. The van der Waals surface area contributed by atoms with Crippen molar-refractivity contribution in [1.29, 1.82) is 0 Å². The molecule has 0 aromatic heterocycles. The summed E-state index contributed by atoms with van der Waals surface area (Å²) < 4.78 is 29.4. The molecule has 0 aliphatic rings. The molecule has 0 saturated carbocycles. The van der Waals surface area contributed by atoms with E-state index >= 15 is 0 Å². The maximum Gasteiger partial charge on any atom is 0.305 e. The Morgan fingerprint density at radius 3 is 2.41 bits per heavy atom. The molecule has 6 heteroatoms. The number of methoxy groups -OCH3 is 1. The van der Waals surface area contributed by atoms with Crippen LogP contribution in [0.3, 0.4) is 0 Å². The summed E-state index contributed by atoms with van der Waals surface area (Å²) in [4.78, 5) is 10.9. The van der Waals surface area contributed by atoms with E-state index in [1.54, 1.807) is 7.05 Å². The van der Waals surface area contributed by atoms with E-state index in [2.05, 4.69) is 18.6 Å². The van der Waals surface area contributed by atoms with Gasteiger partial charge in [0.15, 0.2) is 0 Å². The molecule has 0 aromatic rings. The predicted octanol–water partition coefficient (Wildman–Crippen LogP) is 1.25. The van der Waals surface area contributed by atoms with Gasteiger partial charge in [-0.2, -0.15) is 0 Å². The molecule has 0 bridgehead atoms. The minimum atomic E-state index is -3.23. The van der Waals surface area contributed by atoms with Crippen molar-refractivity contribution in [2.45, 2.75) is 33.1 Å². The molecule has 102 valence electrons. The molecule has 0 spiro atoms. The normalized spacial score (nSPS) is 12.1. The predicted molar refractivity (Wildman–Crippen MR) is 67.1 cm³/mol. The van der Waals surface area contributed by atoms with Gasteiger partial charge < -0.3 is 4.74 Å². The fraction of sp³-hybridized carbons (Fsp3) is 0.909. The first-order chi connectivity index (χ1) is 7.79. The third-order valence-electron chi connectivity index (χ3n) is 2.51. The highest BCUT2D eigenvalue weighted by Gasteiger charge is 2.18. The first-order valence-electron chi connectivity index (χ1n) is 5.80. The fourth-order valence-corrected chi connectivity index (χ4v) is 2.44. The molecule has 0 radical (unpaired) electrons. The van der Waals surface area contributed by atoms with Gasteiger partial charge in [0, 0.05) is 20.0 Å². The van der Waals surface area contributed by atoms with Crippen LogP contribution in [-0.2, 0) is 19.6 Å². The number of carbonyl (C=O) groups excluding carboxylic acids is 1. The molecule has 0 rings (SSSR count). The number of hydrogen-bond acceptors (Lipinski definition) is 4. The summed E-state index contributed by atoms with van der Waals surface area (Å²) in [6, 6.07) is 0. The van der Waals surface area contributed by atoms with E-state index < -0.39 is 10.0 Å². The van der Waals surface area contributed by atoms with E-state index in [1.807, 2.05) is 0 Å². The highest BCUT2D eigenvalue weighted by atomic mass is 32.2. The monoisotopic (exact) mass is 265 g/mol. The molecule has 5 nitrogen and oxygen atoms in total. The van der Waals surface area contributed by atoms with Gasteiger partial charge in [0.2, 0.25) is 10.0 Å². The third kappa shape index (κ3) is 7.33. The lowest BCUT2D eigenvalue weighted by Gasteiger charge is -2.17. The zero-order valence-electron chi connectivity index (χ0n) is 11.1. The molecule has 0 N–H and O–H groups in total. The Morgan fingerprint density at radius 1 is 1.35 bits per heavy atom. The van der Waals surface area contributed by atoms with Crippen molar-refractivity contribution in [3.8, 4) is 0 Å². The number of hydrogen-bond donors (Lipinski definition) is 0. The van der Waals surface area contributed by atoms with Gasteiger partial charge in [-0.25, -0.2) is 12.7 Å². The first kappa shape index (κ1) is 16.4. The number of esters is 1. The van der Waals surface area contributed by atoms with Gasteiger partial charge in [-0.15, -0.1) is 0 Å². The summed E-state index contributed by atoms with van der Waals surface area (Å²) >= 11 is 0. The lowest BCUT2D eigenvalue weighted by molar-refractivity contribution is -0.140. The summed E-state index contributed by atoms with van der Waals surface area (Å²) in [5, 5.41) is 0. The number of carbonyl (C=O) groups is 1. The molecule has 0 aromatic carbocycles. The Bertz CT molecular complexity index is 324. The van der Waals surface area contributed by atoms with Gasteiger partial charge in [-0.05, 0) is 18.8 Å². The molecule has 0 heterocycles. The van der Waals surface area contributed by atoms with Crippen LogP contribution in [0.1, 0.15) is 33.1 Å². The maximum absolute atomic E-state index is 11.8. The van der Waals surface area contributed by atoms with E-state index in [-0.39, 0.29) is 18.1 Å². The third-order valence-corrected chi connectivity index (χ3v) is 4.44. The molecule has 0 saturated heterocycles. The highest BCUT2D eigenvalue weighted by Crippen LogP contribution is 2.07. The summed E-state index contributed by atoms with van der Waals surface area (Å²) in [6.45, 7) is 4.63. The van der Waals surface area contributed by atoms with Gasteiger partial charge in [-0.1, -0.05) is 13.8 Å². The SMILES string of the molecule is COC(=O)CCCS(=O)(=O)N(C)CCC(C)C. The second-order valence-corrected chi connectivity index (χ2v) is 6.70. The van der Waals surface area contributed by atoms with E-state index in [0.29, 0.717) is 18.9 Å². The fourth-order valence-electron chi connectivity index (χ4n) is 1.24. The zero-order chi connectivity index (χ0) is 13.5. The smallest absolute Gasteiger partial charge is 0.305 e. The van der Waals surface area contributed by atoms with E-state index in [4.69, 9.17) is 0 Å². The van der Waals surface area contributed by atoms with Crippen molar-refractivity contribution in [2.24, 2.45) is 5.92 Å². The summed E-state index contributed by atoms with van der Waals surface area (Å²) in [5.74, 6) is 0.101. The van der Waals surface area contributed by atoms with Crippen molar-refractivity contribution in [1.82, 2.24) is 4.31 Å². The number of rotatable bonds is 8. The molecule has 0 aliphatic heterocycles. The van der Waals surface area contributed by atoms with Crippen LogP contribution in [0.2, 0.25) is 0 Å². The first-order valence-corrected chi connectivity index (χ1v) is 7.41. The Morgan fingerprint density at radius 2 is 1.94 bits per heavy atom. The van der Waals surface area contributed by atoms with Gasteiger partial charge in [0.1, 0.15) is 0 Å². The molecule has 0 atom stereocenters. The average molecular weight is 265 g/mol. The van der Waals surface area contributed by atoms with Crippen molar-refractivity contribution in [2.75, 3.05) is 26.5 Å². The standard InChI is InChI=1S/C11H23NO4S/c1-10(2)7-8-12(3)17(14,15)9-5-6-11(13)16-4/h10H,5-9H2,1-4H3. The molecule has 0 amide bonds. The molecule has 0 fully saturated rings. The van der Waals surface area contributed by atoms with Crippen molar-refractivity contribution >= 4 is 16.0 Å². The number of sulfonamides is 1. The topological polar surface area (TPSA) is 63.7 Å². The van der Waals surface area contributed by atoms with E-state index in [9.17, 15) is 13.2 Å². The maximum atomic E-state index is 11.8. The highest BCUT2D eigenvalue weighted by molar-refractivity contribution is 7.89.